The van der Waals surface area contributed by atoms with E-state index >= 15 is 0 Å². The monoisotopic (exact) mass is 486 g/mol. The average Bonchev–Trinajstić information content (AvgIpc) is 2.90. The molecular formula is C31H38N2O3. The van der Waals surface area contributed by atoms with Gasteiger partial charge in [-0.3, -0.25) is 9.59 Å². The first-order valence-electron chi connectivity index (χ1n) is 12.7. The molecule has 3 aromatic carbocycles. The molecule has 0 radical (unpaired) electrons. The number of nitrogens with one attached hydrogen (secondary N) is 1. The Morgan fingerprint density at radius 1 is 0.889 bits per heavy atom. The number of carbonyl (C=O) groups is 2. The van der Waals surface area contributed by atoms with E-state index in [1.54, 1.807) is 12.0 Å². The summed E-state index contributed by atoms with van der Waals surface area (Å²) in [5.41, 5.74) is 4.34. The summed E-state index contributed by atoms with van der Waals surface area (Å²) >= 11 is 0. The summed E-state index contributed by atoms with van der Waals surface area (Å²) in [5, 5.41) is 2.94. The van der Waals surface area contributed by atoms with Crippen molar-refractivity contribution in [2.45, 2.75) is 58.5 Å². The number of methoxy groups -OCH3 is 1. The standard InChI is InChI=1S/C31H38N2O3/c1-5-32-31(35)29(21-25-10-7-6-8-11-25)33(22-26-12-9-13-28(20-26)36-4)30(34)19-16-24-14-17-27(18-15-24)23(2)3/h6-15,17-18,20,23,29H,5,16,19,21-22H2,1-4H3,(H,32,35)/t29-/m0/s1. The summed E-state index contributed by atoms with van der Waals surface area (Å²) in [5.74, 6) is 1.01. The highest BCUT2D eigenvalue weighted by Crippen LogP contribution is 2.20. The third-order valence-electron chi connectivity index (χ3n) is 6.38. The molecule has 0 fully saturated rings. The van der Waals surface area contributed by atoms with Gasteiger partial charge in [-0.05, 0) is 53.6 Å². The van der Waals surface area contributed by atoms with Crippen molar-refractivity contribution < 1.29 is 14.3 Å². The Morgan fingerprint density at radius 3 is 2.22 bits per heavy atom. The zero-order valence-electron chi connectivity index (χ0n) is 21.9. The Labute approximate surface area is 215 Å². The number of ether oxygens (including phenoxy) is 1. The van der Waals surface area contributed by atoms with Crippen LogP contribution in [0.25, 0.3) is 0 Å². The first-order chi connectivity index (χ1) is 17.4. The lowest BCUT2D eigenvalue weighted by molar-refractivity contribution is -0.141. The Balaban J connectivity index is 1.87. The van der Waals surface area contributed by atoms with Crippen LogP contribution in [0, 0.1) is 0 Å². The van der Waals surface area contributed by atoms with Crippen molar-refractivity contribution in [3.63, 3.8) is 0 Å². The molecule has 0 aliphatic rings. The third kappa shape index (κ3) is 7.70. The second kappa shape index (κ2) is 13.5. The summed E-state index contributed by atoms with van der Waals surface area (Å²) in [6, 6.07) is 25.4. The second-order valence-corrected chi connectivity index (χ2v) is 9.37. The Hall–Kier alpha value is -3.60. The van der Waals surface area contributed by atoms with Gasteiger partial charge in [-0.25, -0.2) is 0 Å². The number of rotatable bonds is 12. The molecule has 0 saturated carbocycles. The van der Waals surface area contributed by atoms with Gasteiger partial charge in [0.15, 0.2) is 0 Å². The molecule has 0 aromatic heterocycles. The highest BCUT2D eigenvalue weighted by Gasteiger charge is 2.30. The summed E-state index contributed by atoms with van der Waals surface area (Å²) in [7, 11) is 1.62. The van der Waals surface area contributed by atoms with Gasteiger partial charge in [-0.2, -0.15) is 0 Å². The normalized spacial score (nSPS) is 11.7. The Morgan fingerprint density at radius 2 is 1.58 bits per heavy atom. The van der Waals surface area contributed by atoms with Gasteiger partial charge in [-0.1, -0.05) is 80.6 Å². The molecular weight excluding hydrogens is 448 g/mol. The van der Waals surface area contributed by atoms with Gasteiger partial charge in [0.25, 0.3) is 0 Å². The predicted octanol–water partition coefficient (Wildman–Crippen LogP) is 5.53. The highest BCUT2D eigenvalue weighted by molar-refractivity contribution is 5.88. The lowest BCUT2D eigenvalue weighted by atomic mass is 9.99. The number of likely N-dealkylation sites (N-methyl/N-ethyl adjacent to an activating group) is 1. The molecule has 3 rings (SSSR count). The maximum absolute atomic E-state index is 13.7. The molecule has 5 nitrogen and oxygen atoms in total. The SMILES string of the molecule is CCNC(=O)[C@H](Cc1ccccc1)N(Cc1cccc(OC)c1)C(=O)CCc1ccc(C(C)C)cc1. The number of hydrogen-bond acceptors (Lipinski definition) is 3. The number of benzene rings is 3. The van der Waals surface area contributed by atoms with Gasteiger partial charge in [0.2, 0.25) is 11.8 Å². The van der Waals surface area contributed by atoms with Crippen molar-refractivity contribution >= 4 is 11.8 Å². The molecule has 1 atom stereocenters. The fourth-order valence-corrected chi connectivity index (χ4v) is 4.28. The zero-order chi connectivity index (χ0) is 25.9. The molecule has 2 amide bonds. The second-order valence-electron chi connectivity index (χ2n) is 9.37. The van der Waals surface area contributed by atoms with E-state index < -0.39 is 6.04 Å². The molecule has 0 saturated heterocycles. The van der Waals surface area contributed by atoms with Crippen molar-refractivity contribution in [3.8, 4) is 5.75 Å². The summed E-state index contributed by atoms with van der Waals surface area (Å²) in [6.45, 7) is 7.07. The average molecular weight is 487 g/mol. The molecule has 0 aliphatic carbocycles. The number of hydrogen-bond donors (Lipinski definition) is 1. The molecule has 5 heteroatoms. The van der Waals surface area contributed by atoms with Gasteiger partial charge in [0.1, 0.15) is 11.8 Å². The molecule has 1 N–H and O–H groups in total. The van der Waals surface area contributed by atoms with Crippen LogP contribution in [0.5, 0.6) is 5.75 Å². The van der Waals surface area contributed by atoms with Crippen LogP contribution in [-0.2, 0) is 29.0 Å². The molecule has 0 heterocycles. The van der Waals surface area contributed by atoms with Crippen LogP contribution in [0.2, 0.25) is 0 Å². The summed E-state index contributed by atoms with van der Waals surface area (Å²) < 4.78 is 5.39. The Kier molecular flexibility index (Phi) is 10.1. The van der Waals surface area contributed by atoms with Crippen molar-refractivity contribution in [2.24, 2.45) is 0 Å². The topological polar surface area (TPSA) is 58.6 Å². The minimum absolute atomic E-state index is 0.0436. The van der Waals surface area contributed by atoms with Gasteiger partial charge >= 0.3 is 0 Å². The van der Waals surface area contributed by atoms with Crippen molar-refractivity contribution in [3.05, 3.63) is 101 Å². The first-order valence-corrected chi connectivity index (χ1v) is 12.7. The largest absolute Gasteiger partial charge is 0.497 e. The fraction of sp³-hybridized carbons (Fsp3) is 0.355. The third-order valence-corrected chi connectivity index (χ3v) is 6.38. The van der Waals surface area contributed by atoms with Crippen LogP contribution in [0.3, 0.4) is 0 Å². The van der Waals surface area contributed by atoms with E-state index in [9.17, 15) is 9.59 Å². The molecule has 0 bridgehead atoms. The predicted molar refractivity (Wildman–Crippen MR) is 145 cm³/mol. The van der Waals surface area contributed by atoms with Crippen LogP contribution in [0.4, 0.5) is 0 Å². The molecule has 36 heavy (non-hydrogen) atoms. The number of nitrogens with zero attached hydrogens (tertiary/aromatic N) is 1. The highest BCUT2D eigenvalue weighted by atomic mass is 16.5. The maximum Gasteiger partial charge on any atom is 0.243 e. The number of carbonyl (C=O) groups excluding carboxylic acids is 2. The molecule has 0 spiro atoms. The van der Waals surface area contributed by atoms with Gasteiger partial charge in [-0.15, -0.1) is 0 Å². The first kappa shape index (κ1) is 27.0. The number of aryl methyl sites for hydroxylation is 1. The van der Waals surface area contributed by atoms with E-state index in [2.05, 4.69) is 43.4 Å². The number of amides is 2. The lowest BCUT2D eigenvalue weighted by Crippen LogP contribution is -2.50. The van der Waals surface area contributed by atoms with E-state index in [0.717, 1.165) is 22.4 Å². The van der Waals surface area contributed by atoms with Crippen LogP contribution in [0.1, 0.15) is 55.4 Å². The van der Waals surface area contributed by atoms with Gasteiger partial charge < -0.3 is 15.0 Å². The lowest BCUT2D eigenvalue weighted by Gasteiger charge is -2.31. The molecule has 0 unspecified atom stereocenters. The minimum atomic E-state index is -0.616. The van der Waals surface area contributed by atoms with Gasteiger partial charge in [0.05, 0.1) is 7.11 Å². The van der Waals surface area contributed by atoms with Crippen LogP contribution in [-0.4, -0.2) is 36.4 Å². The van der Waals surface area contributed by atoms with E-state index in [0.29, 0.717) is 38.3 Å². The van der Waals surface area contributed by atoms with Gasteiger partial charge in [0, 0.05) is 25.9 Å². The minimum Gasteiger partial charge on any atom is -0.497 e. The van der Waals surface area contributed by atoms with Crippen LogP contribution in [0.15, 0.2) is 78.9 Å². The zero-order valence-corrected chi connectivity index (χ0v) is 21.9. The molecule has 0 aliphatic heterocycles. The molecule has 3 aromatic rings. The van der Waals surface area contributed by atoms with E-state index in [-0.39, 0.29) is 11.8 Å². The van der Waals surface area contributed by atoms with Crippen molar-refractivity contribution in [1.82, 2.24) is 10.2 Å². The maximum atomic E-state index is 13.7. The van der Waals surface area contributed by atoms with E-state index in [1.807, 2.05) is 61.5 Å². The van der Waals surface area contributed by atoms with E-state index in [4.69, 9.17) is 4.74 Å². The molecule has 190 valence electrons. The van der Waals surface area contributed by atoms with Crippen LogP contribution >= 0.6 is 0 Å². The fourth-order valence-electron chi connectivity index (χ4n) is 4.28. The van der Waals surface area contributed by atoms with E-state index in [1.165, 1.54) is 5.56 Å². The summed E-state index contributed by atoms with van der Waals surface area (Å²) in [6.07, 6.45) is 1.40. The summed E-state index contributed by atoms with van der Waals surface area (Å²) in [4.78, 5) is 28.7. The van der Waals surface area contributed by atoms with Crippen LogP contribution < -0.4 is 10.1 Å². The van der Waals surface area contributed by atoms with Crippen molar-refractivity contribution in [1.29, 1.82) is 0 Å². The smallest absolute Gasteiger partial charge is 0.243 e. The van der Waals surface area contributed by atoms with Crippen molar-refractivity contribution in [2.75, 3.05) is 13.7 Å². The Bertz CT molecular complexity index is 1110. The quantitative estimate of drug-likeness (QED) is 0.366.